The van der Waals surface area contributed by atoms with Gasteiger partial charge in [-0.05, 0) is 217 Å². The van der Waals surface area contributed by atoms with E-state index in [-0.39, 0.29) is 60.5 Å². The third kappa shape index (κ3) is 21.6. The number of benzene rings is 4. The van der Waals surface area contributed by atoms with Crippen molar-refractivity contribution in [2.24, 2.45) is 5.41 Å². The van der Waals surface area contributed by atoms with E-state index in [2.05, 4.69) is 13.8 Å². The van der Waals surface area contributed by atoms with Crippen molar-refractivity contribution >= 4 is 50.3 Å². The molecule has 4 atom stereocenters. The van der Waals surface area contributed by atoms with Crippen molar-refractivity contribution in [2.75, 3.05) is 66.1 Å². The van der Waals surface area contributed by atoms with Gasteiger partial charge in [0, 0.05) is 71.5 Å². The minimum atomic E-state index is -0.526. The number of rotatable bonds is 16. The van der Waals surface area contributed by atoms with Gasteiger partial charge in [0.05, 0.1) is 37.6 Å². The Balaban J connectivity index is 0.000000142. The van der Waals surface area contributed by atoms with Crippen LogP contribution in [0.1, 0.15) is 160 Å². The van der Waals surface area contributed by atoms with Crippen molar-refractivity contribution < 1.29 is 92.7 Å². The first-order chi connectivity index (χ1) is 43.5. The molecule has 12 rings (SSSR count). The average Bonchev–Trinajstić information content (AvgIpc) is 1.63. The summed E-state index contributed by atoms with van der Waals surface area (Å²) in [4.78, 5) is 0. The maximum atomic E-state index is 13.7. The summed E-state index contributed by atoms with van der Waals surface area (Å²) in [5, 5.41) is 0. The standard InChI is InChI=1S/C18H26BFO4.C17H24BFO4.C16H22BFO4.C15H20BFO4/c1-17(2)18(3,4)24-19(23-17)15-9-8-14(20)11-13(15)12-22-16-7-5-6-10-21-16;1-17(2)11-22-18(23-12-17)15-7-6-14(19)9-13(15)10-21-16-5-3-4-8-20-16;18-14-6-7-15(17-21-9-3-4-10-22-17)13(11-14)12-20-16-5-1-2-8-19-16;17-13-5-6-14(16-20-8-3-9-21-16)12(10-13)11-19-15-4-1-2-7-18-15/h8-9,11,16H,5-7,10,12H2,1-4H3;6-7,9,16H,3-5,8,10-12H2,1-2H3;6-7,11,16H,1-5,8-10,12H2;5-6,10,15H,1-4,7-9,11H2. The lowest BCUT2D eigenvalue weighted by molar-refractivity contribution is -0.169. The fraction of sp³-hybridized carbons (Fsp3) is 0.636. The third-order valence-corrected chi connectivity index (χ3v) is 17.1. The molecular weight excluding hydrogens is 1170 g/mol. The first-order valence-corrected chi connectivity index (χ1v) is 32.6. The molecule has 4 aromatic rings. The molecule has 0 aromatic heterocycles. The molecule has 90 heavy (non-hydrogen) atoms. The fourth-order valence-corrected chi connectivity index (χ4v) is 11.1. The maximum absolute atomic E-state index is 13.7. The Hall–Kier alpha value is -3.78. The highest BCUT2D eigenvalue weighted by molar-refractivity contribution is 6.63. The quantitative estimate of drug-likeness (QED) is 0.0773. The molecule has 16 nitrogen and oxygen atoms in total. The molecule has 0 saturated carbocycles. The summed E-state index contributed by atoms with van der Waals surface area (Å²) in [5.41, 5.74) is 5.48. The van der Waals surface area contributed by atoms with Crippen molar-refractivity contribution in [3.8, 4) is 0 Å². The van der Waals surface area contributed by atoms with Crippen LogP contribution in [0.15, 0.2) is 72.8 Å². The molecule has 4 unspecified atom stereocenters. The van der Waals surface area contributed by atoms with E-state index in [1.54, 1.807) is 24.3 Å². The summed E-state index contributed by atoms with van der Waals surface area (Å²) in [5.74, 6) is -1.13. The van der Waals surface area contributed by atoms with Crippen LogP contribution in [0.4, 0.5) is 17.6 Å². The zero-order valence-corrected chi connectivity index (χ0v) is 53.6. The molecule has 8 aliphatic heterocycles. The molecule has 8 fully saturated rings. The monoisotopic (exact) mass is 1260 g/mol. The molecule has 0 aliphatic carbocycles. The molecule has 0 spiro atoms. The molecule has 0 bridgehead atoms. The first-order valence-electron chi connectivity index (χ1n) is 32.6. The van der Waals surface area contributed by atoms with Gasteiger partial charge in [-0.3, -0.25) is 0 Å². The van der Waals surface area contributed by atoms with Crippen LogP contribution in [0.2, 0.25) is 0 Å². The van der Waals surface area contributed by atoms with Crippen LogP contribution >= 0.6 is 0 Å². The van der Waals surface area contributed by atoms with E-state index in [4.69, 9.17) is 75.1 Å². The summed E-state index contributed by atoms with van der Waals surface area (Å²) in [6.07, 6.45) is 14.3. The second-order valence-electron chi connectivity index (χ2n) is 25.7. The van der Waals surface area contributed by atoms with Gasteiger partial charge in [0.15, 0.2) is 25.2 Å². The second kappa shape index (κ2) is 35.1. The molecule has 0 radical (unpaired) electrons. The largest absolute Gasteiger partial charge is 0.495 e. The van der Waals surface area contributed by atoms with Crippen LogP contribution in [0.5, 0.6) is 0 Å². The van der Waals surface area contributed by atoms with Crippen molar-refractivity contribution in [3.63, 3.8) is 0 Å². The van der Waals surface area contributed by atoms with Crippen LogP contribution in [0, 0.1) is 28.7 Å². The van der Waals surface area contributed by atoms with Gasteiger partial charge in [-0.1, -0.05) is 38.1 Å². The zero-order chi connectivity index (χ0) is 63.4. The highest BCUT2D eigenvalue weighted by Crippen LogP contribution is 2.37. The maximum Gasteiger partial charge on any atom is 0.495 e. The minimum Gasteiger partial charge on any atom is -0.407 e. The summed E-state index contributed by atoms with van der Waals surface area (Å²) < 4.78 is 146. The number of halogens is 4. The van der Waals surface area contributed by atoms with Crippen molar-refractivity contribution in [1.82, 2.24) is 0 Å². The Morgan fingerprint density at radius 3 is 0.900 bits per heavy atom. The van der Waals surface area contributed by atoms with Gasteiger partial charge in [0.1, 0.15) is 23.3 Å². The molecular formula is C66H92B4F4O16. The summed E-state index contributed by atoms with van der Waals surface area (Å²) >= 11 is 0. The normalized spacial score (nSPS) is 24.3. The van der Waals surface area contributed by atoms with Crippen LogP contribution in [-0.2, 0) is 102 Å². The Morgan fingerprint density at radius 1 is 0.344 bits per heavy atom. The molecule has 0 amide bonds. The van der Waals surface area contributed by atoms with E-state index < -0.39 is 39.7 Å². The van der Waals surface area contributed by atoms with Crippen LogP contribution in [0.3, 0.4) is 0 Å². The molecule has 8 aliphatic rings. The summed E-state index contributed by atoms with van der Waals surface area (Å²) in [6, 6.07) is 18.6. The van der Waals surface area contributed by atoms with Crippen molar-refractivity contribution in [2.45, 2.75) is 201 Å². The topological polar surface area (TPSA) is 148 Å². The summed E-state index contributed by atoms with van der Waals surface area (Å²) in [7, 11) is -1.85. The molecule has 8 heterocycles. The lowest BCUT2D eigenvalue weighted by atomic mass is 9.73. The molecule has 24 heteroatoms. The zero-order valence-electron chi connectivity index (χ0n) is 53.6. The van der Waals surface area contributed by atoms with Gasteiger partial charge in [-0.25, -0.2) is 17.6 Å². The van der Waals surface area contributed by atoms with Gasteiger partial charge in [-0.15, -0.1) is 0 Å². The van der Waals surface area contributed by atoms with E-state index in [1.165, 1.54) is 48.5 Å². The molecule has 0 N–H and O–H groups in total. The predicted octanol–water partition coefficient (Wildman–Crippen LogP) is 10.2. The highest BCUT2D eigenvalue weighted by Gasteiger charge is 2.52. The number of hydrogen-bond acceptors (Lipinski definition) is 16. The van der Waals surface area contributed by atoms with Crippen LogP contribution in [0.25, 0.3) is 0 Å². The Morgan fingerprint density at radius 2 is 0.611 bits per heavy atom. The average molecular weight is 1260 g/mol. The van der Waals surface area contributed by atoms with Crippen molar-refractivity contribution in [3.05, 3.63) is 118 Å². The van der Waals surface area contributed by atoms with E-state index >= 15 is 0 Å². The van der Waals surface area contributed by atoms with E-state index in [9.17, 15) is 17.6 Å². The van der Waals surface area contributed by atoms with Gasteiger partial charge in [-0.2, -0.15) is 0 Å². The first kappa shape index (κ1) is 70.5. The predicted molar refractivity (Wildman–Crippen MR) is 334 cm³/mol. The Labute approximate surface area is 531 Å². The van der Waals surface area contributed by atoms with Crippen molar-refractivity contribution in [1.29, 1.82) is 0 Å². The highest BCUT2D eigenvalue weighted by atomic mass is 19.1. The fourth-order valence-electron chi connectivity index (χ4n) is 11.1. The minimum absolute atomic E-state index is 0.00311. The SMILES string of the molecule is CC1(C)COB(c2ccc(F)cc2COC2CCCCO2)OC1.CC1(C)OB(c2ccc(F)cc2COC2CCCCO2)OC1(C)C.Fc1ccc(B2OCCCCO2)c(COC2CCCCO2)c1.Fc1ccc(B2OCCCO2)c(COC2CCCCO2)c1. The lowest BCUT2D eigenvalue weighted by Crippen LogP contribution is -2.48. The van der Waals surface area contributed by atoms with Gasteiger partial charge < -0.3 is 75.1 Å². The Bertz CT molecular complexity index is 2760. The molecule has 492 valence electrons. The number of ether oxygens (including phenoxy) is 8. The van der Waals surface area contributed by atoms with Crippen LogP contribution < -0.4 is 21.9 Å². The van der Waals surface area contributed by atoms with Gasteiger partial charge >= 0.3 is 28.5 Å². The van der Waals surface area contributed by atoms with Crippen LogP contribution in [-0.4, -0.2) is 131 Å². The molecule has 4 aromatic carbocycles. The Kier molecular flexibility index (Phi) is 27.5. The van der Waals surface area contributed by atoms with E-state index in [1.807, 2.05) is 27.7 Å². The second-order valence-corrected chi connectivity index (χ2v) is 25.7. The van der Waals surface area contributed by atoms with E-state index in [0.717, 1.165) is 167 Å². The smallest absolute Gasteiger partial charge is 0.407 e. The summed E-state index contributed by atoms with van der Waals surface area (Å²) in [6.45, 7) is 20.2. The molecule has 8 saturated heterocycles. The van der Waals surface area contributed by atoms with E-state index in [0.29, 0.717) is 59.5 Å². The lowest BCUT2D eigenvalue weighted by Gasteiger charge is -2.33. The van der Waals surface area contributed by atoms with Gasteiger partial charge in [0.25, 0.3) is 0 Å². The van der Waals surface area contributed by atoms with Gasteiger partial charge in [0.2, 0.25) is 0 Å². The number of hydrogen-bond donors (Lipinski definition) is 0. The third-order valence-electron chi connectivity index (χ3n) is 17.1.